The molecule has 1 saturated carbocycles. The van der Waals surface area contributed by atoms with Crippen molar-refractivity contribution >= 4 is 6.08 Å². The fourth-order valence-electron chi connectivity index (χ4n) is 5.98. The van der Waals surface area contributed by atoms with Crippen LogP contribution < -0.4 is 4.74 Å². The Hall–Kier alpha value is -2.44. The summed E-state index contributed by atoms with van der Waals surface area (Å²) in [7, 11) is 0. The molecular formula is C31H36F6O. The molecule has 0 heterocycles. The van der Waals surface area contributed by atoms with Crippen LogP contribution in [0.25, 0.3) is 17.2 Å². The lowest BCUT2D eigenvalue weighted by Gasteiger charge is -2.29. The molecule has 2 aromatic carbocycles. The van der Waals surface area contributed by atoms with Crippen LogP contribution in [0.2, 0.25) is 0 Å². The van der Waals surface area contributed by atoms with E-state index in [1.807, 2.05) is 6.08 Å². The number of hydrogen-bond acceptors (Lipinski definition) is 1. The standard InChI is InChI=1S/C31H36F6O/c1-2-3-4-5-6-20-7-9-21(10-8-20)11-12-22-13-14-23-16-26(27(32)17-24(23)15-22)25-18-28(33)30(29(34)19-25)38-31(35,36)37/h15-21H,2-14H2,1H3. The summed E-state index contributed by atoms with van der Waals surface area (Å²) in [5.74, 6) is -3.67. The van der Waals surface area contributed by atoms with Crippen LogP contribution in [0, 0.1) is 29.3 Å². The molecule has 208 valence electrons. The molecule has 7 heteroatoms. The molecule has 0 bridgehead atoms. The number of halogens is 6. The van der Waals surface area contributed by atoms with E-state index in [1.165, 1.54) is 75.5 Å². The summed E-state index contributed by atoms with van der Waals surface area (Å²) >= 11 is 0. The zero-order valence-corrected chi connectivity index (χ0v) is 21.9. The maximum absolute atomic E-state index is 15.0. The van der Waals surface area contributed by atoms with Crippen LogP contribution in [0.15, 0.2) is 29.8 Å². The molecule has 1 nitrogen and oxygen atoms in total. The van der Waals surface area contributed by atoms with Crippen LogP contribution in [-0.4, -0.2) is 6.36 Å². The van der Waals surface area contributed by atoms with E-state index in [9.17, 15) is 26.3 Å². The van der Waals surface area contributed by atoms with Crippen LogP contribution in [0.3, 0.4) is 0 Å². The normalized spacial score (nSPS) is 19.7. The number of ether oxygens (including phenoxy) is 1. The highest BCUT2D eigenvalue weighted by molar-refractivity contribution is 5.71. The van der Waals surface area contributed by atoms with E-state index in [2.05, 4.69) is 11.7 Å². The number of unbranched alkanes of at least 4 members (excludes halogenated alkanes) is 3. The summed E-state index contributed by atoms with van der Waals surface area (Å²) in [6, 6.07) is 4.22. The van der Waals surface area contributed by atoms with Crippen LogP contribution in [0.5, 0.6) is 5.75 Å². The molecule has 2 aliphatic carbocycles. The van der Waals surface area contributed by atoms with Gasteiger partial charge in [0, 0.05) is 5.56 Å². The second kappa shape index (κ2) is 12.6. The molecule has 0 aliphatic heterocycles. The Morgan fingerprint density at radius 2 is 1.45 bits per heavy atom. The lowest BCUT2D eigenvalue weighted by molar-refractivity contribution is -0.276. The Bertz CT molecular complexity index is 1100. The first-order chi connectivity index (χ1) is 18.1. The van der Waals surface area contributed by atoms with Gasteiger partial charge in [0.25, 0.3) is 0 Å². The van der Waals surface area contributed by atoms with Gasteiger partial charge in [0.15, 0.2) is 11.6 Å². The van der Waals surface area contributed by atoms with Crippen molar-refractivity contribution in [3.05, 3.63) is 58.4 Å². The first-order valence-electron chi connectivity index (χ1n) is 13.9. The van der Waals surface area contributed by atoms with Crippen molar-refractivity contribution < 1.29 is 31.1 Å². The number of hydrogen-bond donors (Lipinski definition) is 0. The summed E-state index contributed by atoms with van der Waals surface area (Å²) in [5, 5.41) is 0. The summed E-state index contributed by atoms with van der Waals surface area (Å²) in [4.78, 5) is 0. The highest BCUT2D eigenvalue weighted by Crippen LogP contribution is 2.38. The van der Waals surface area contributed by atoms with Gasteiger partial charge in [-0.15, -0.1) is 13.2 Å². The van der Waals surface area contributed by atoms with Crippen LogP contribution in [0.4, 0.5) is 26.3 Å². The SMILES string of the molecule is CCCCCCC1CCC(CCC2=Cc3cc(F)c(-c4cc(F)c(OC(F)(F)F)c(F)c4)cc3CC2)CC1. The third kappa shape index (κ3) is 7.57. The summed E-state index contributed by atoms with van der Waals surface area (Å²) in [5.41, 5.74) is 2.66. The Morgan fingerprint density at radius 3 is 2.08 bits per heavy atom. The number of allylic oxidation sites excluding steroid dienone is 1. The van der Waals surface area contributed by atoms with E-state index >= 15 is 0 Å². The van der Waals surface area contributed by atoms with Gasteiger partial charge in [0.1, 0.15) is 5.82 Å². The monoisotopic (exact) mass is 538 g/mol. The topological polar surface area (TPSA) is 9.23 Å². The molecule has 2 aromatic rings. The van der Waals surface area contributed by atoms with Gasteiger partial charge in [-0.1, -0.05) is 76.4 Å². The van der Waals surface area contributed by atoms with Crippen molar-refractivity contribution in [2.24, 2.45) is 11.8 Å². The highest BCUT2D eigenvalue weighted by Gasteiger charge is 2.34. The summed E-state index contributed by atoms with van der Waals surface area (Å²) < 4.78 is 84.1. The highest BCUT2D eigenvalue weighted by atomic mass is 19.4. The maximum Gasteiger partial charge on any atom is 0.573 e. The second-order valence-electron chi connectivity index (χ2n) is 10.9. The van der Waals surface area contributed by atoms with E-state index in [0.29, 0.717) is 18.6 Å². The molecule has 0 saturated heterocycles. The van der Waals surface area contributed by atoms with E-state index in [1.54, 1.807) is 0 Å². The van der Waals surface area contributed by atoms with Gasteiger partial charge in [0.05, 0.1) is 0 Å². The zero-order chi connectivity index (χ0) is 27.3. The molecule has 0 N–H and O–H groups in total. The van der Waals surface area contributed by atoms with Crippen molar-refractivity contribution in [2.75, 3.05) is 0 Å². The van der Waals surface area contributed by atoms with Crippen molar-refractivity contribution in [3.63, 3.8) is 0 Å². The third-order valence-electron chi connectivity index (χ3n) is 8.14. The van der Waals surface area contributed by atoms with Crippen molar-refractivity contribution in [1.82, 2.24) is 0 Å². The number of alkyl halides is 3. The van der Waals surface area contributed by atoms with Gasteiger partial charge in [-0.05, 0) is 78.5 Å². The van der Waals surface area contributed by atoms with Gasteiger partial charge in [-0.3, -0.25) is 0 Å². The lowest BCUT2D eigenvalue weighted by atomic mass is 9.77. The Morgan fingerprint density at radius 1 is 0.789 bits per heavy atom. The Labute approximate surface area is 221 Å². The zero-order valence-electron chi connectivity index (χ0n) is 21.9. The van der Waals surface area contributed by atoms with Gasteiger partial charge >= 0.3 is 6.36 Å². The molecule has 0 amide bonds. The molecule has 0 spiro atoms. The minimum absolute atomic E-state index is 0.0524. The summed E-state index contributed by atoms with van der Waals surface area (Å²) in [6.07, 6.45) is 12.4. The third-order valence-corrected chi connectivity index (χ3v) is 8.14. The van der Waals surface area contributed by atoms with Gasteiger partial charge in [-0.2, -0.15) is 0 Å². The van der Waals surface area contributed by atoms with Crippen LogP contribution >= 0.6 is 0 Å². The fourth-order valence-corrected chi connectivity index (χ4v) is 5.98. The molecule has 0 aromatic heterocycles. The van der Waals surface area contributed by atoms with E-state index in [4.69, 9.17) is 0 Å². The van der Waals surface area contributed by atoms with E-state index in [0.717, 1.165) is 42.2 Å². The van der Waals surface area contributed by atoms with Crippen molar-refractivity contribution in [3.8, 4) is 16.9 Å². The molecule has 0 radical (unpaired) electrons. The quantitative estimate of drug-likeness (QED) is 0.216. The average molecular weight is 539 g/mol. The van der Waals surface area contributed by atoms with E-state index in [-0.39, 0.29) is 11.1 Å². The van der Waals surface area contributed by atoms with Gasteiger partial charge in [0.2, 0.25) is 5.75 Å². The number of benzene rings is 2. The minimum Gasteiger partial charge on any atom is -0.399 e. The summed E-state index contributed by atoms with van der Waals surface area (Å²) in [6.45, 7) is 2.24. The molecule has 4 rings (SSSR count). The van der Waals surface area contributed by atoms with Crippen molar-refractivity contribution in [1.29, 1.82) is 0 Å². The number of aryl methyl sites for hydroxylation is 1. The smallest absolute Gasteiger partial charge is 0.399 e. The minimum atomic E-state index is -5.24. The first kappa shape index (κ1) is 28.6. The number of rotatable bonds is 10. The molecule has 2 aliphatic rings. The van der Waals surface area contributed by atoms with Crippen molar-refractivity contribution in [2.45, 2.75) is 96.8 Å². The molecular weight excluding hydrogens is 502 g/mol. The van der Waals surface area contributed by atoms with Gasteiger partial charge < -0.3 is 4.74 Å². The van der Waals surface area contributed by atoms with Gasteiger partial charge in [-0.25, -0.2) is 13.2 Å². The molecule has 1 fully saturated rings. The van der Waals surface area contributed by atoms with E-state index < -0.39 is 29.6 Å². The maximum atomic E-state index is 15.0. The van der Waals surface area contributed by atoms with Crippen LogP contribution in [-0.2, 0) is 6.42 Å². The first-order valence-corrected chi connectivity index (χ1v) is 13.9. The fraction of sp³-hybridized carbons (Fsp3) is 0.548. The molecule has 0 unspecified atom stereocenters. The Balaban J connectivity index is 1.37. The second-order valence-corrected chi connectivity index (χ2v) is 10.9. The Kier molecular flexibility index (Phi) is 9.48. The number of fused-ring (bicyclic) bond motifs is 1. The lowest BCUT2D eigenvalue weighted by Crippen LogP contribution is -2.19. The molecule has 0 atom stereocenters. The predicted octanol–water partition coefficient (Wildman–Crippen LogP) is 10.6. The predicted molar refractivity (Wildman–Crippen MR) is 138 cm³/mol. The molecule has 38 heavy (non-hydrogen) atoms. The van der Waals surface area contributed by atoms with Crippen LogP contribution in [0.1, 0.15) is 95.1 Å². The average Bonchev–Trinajstić information content (AvgIpc) is 2.87. The largest absolute Gasteiger partial charge is 0.573 e.